The maximum absolute atomic E-state index is 10.1. The third-order valence-electron chi connectivity index (χ3n) is 9.49. The van der Waals surface area contributed by atoms with Gasteiger partial charge in [-0.1, -0.05) is 41.9 Å². The van der Waals surface area contributed by atoms with Crippen LogP contribution >= 0.6 is 27.5 Å². The average Bonchev–Trinajstić information content (AvgIpc) is 3.82. The Kier molecular flexibility index (Phi) is 13.0. The van der Waals surface area contributed by atoms with Gasteiger partial charge in [-0.25, -0.2) is 0 Å². The first-order valence-corrected chi connectivity index (χ1v) is 18.8. The van der Waals surface area contributed by atoms with Crippen LogP contribution in [0.3, 0.4) is 0 Å². The number of rotatable bonds is 16. The van der Waals surface area contributed by atoms with Crippen LogP contribution in [0.1, 0.15) is 59.9 Å². The summed E-state index contributed by atoms with van der Waals surface area (Å²) >= 11 is 10.7. The topological polar surface area (TPSA) is 118 Å². The summed E-state index contributed by atoms with van der Waals surface area (Å²) in [5, 5.41) is 31.7. The zero-order chi connectivity index (χ0) is 35.6. The van der Waals surface area contributed by atoms with Crippen LogP contribution in [0.15, 0.2) is 71.5 Å². The maximum atomic E-state index is 10.1. The van der Waals surface area contributed by atoms with E-state index in [1.165, 1.54) is 38.3 Å². The van der Waals surface area contributed by atoms with Gasteiger partial charge in [-0.15, -0.1) is 0 Å². The minimum Gasteiger partial charge on any atom is -0.488 e. The molecule has 266 valence electrons. The van der Waals surface area contributed by atoms with Crippen molar-refractivity contribution in [1.82, 2.24) is 14.8 Å². The van der Waals surface area contributed by atoms with Gasteiger partial charge >= 0.3 is 0 Å². The molecule has 0 radical (unpaired) electrons. The zero-order valence-corrected chi connectivity index (χ0v) is 31.1. The first-order chi connectivity index (χ1) is 24.9. The number of pyridine rings is 1. The van der Waals surface area contributed by atoms with Gasteiger partial charge in [0.05, 0.1) is 16.7 Å². The number of unbranched alkanes of at least 4 members (excludes halogenated alkanes) is 1. The normalized spacial score (nSPS) is 16.2. The zero-order valence-electron chi connectivity index (χ0n) is 28.7. The fourth-order valence-electron chi connectivity index (χ4n) is 6.78. The number of nitrogens with one attached hydrogen (secondary N) is 2. The van der Waals surface area contributed by atoms with E-state index in [2.05, 4.69) is 48.2 Å². The predicted molar refractivity (Wildman–Crippen MR) is 206 cm³/mol. The fourth-order valence-corrected chi connectivity index (χ4v) is 7.62. The van der Waals surface area contributed by atoms with Crippen molar-refractivity contribution in [3.8, 4) is 28.7 Å². The molecule has 51 heavy (non-hydrogen) atoms. The molecule has 2 aliphatic rings. The van der Waals surface area contributed by atoms with Crippen molar-refractivity contribution in [2.75, 3.05) is 44.6 Å². The van der Waals surface area contributed by atoms with E-state index in [-0.39, 0.29) is 19.3 Å². The van der Waals surface area contributed by atoms with E-state index in [4.69, 9.17) is 26.5 Å². The second kappa shape index (κ2) is 18.0. The quantitative estimate of drug-likeness (QED) is 0.0775. The number of aromatic nitrogens is 1. The summed E-state index contributed by atoms with van der Waals surface area (Å²) in [6.07, 6.45) is 9.90. The molecule has 2 aliphatic heterocycles. The summed E-state index contributed by atoms with van der Waals surface area (Å²) in [4.78, 5) is 8.88. The number of ether oxygens (including phenoxy) is 2. The van der Waals surface area contributed by atoms with Crippen molar-refractivity contribution in [1.29, 1.82) is 10.7 Å². The van der Waals surface area contributed by atoms with Crippen molar-refractivity contribution < 1.29 is 14.6 Å². The number of β-amino-alcohol motifs (C(OH)–C–C–N with tert-alkyl or cyclic N) is 1. The van der Waals surface area contributed by atoms with Crippen LogP contribution in [0.5, 0.6) is 11.5 Å². The van der Waals surface area contributed by atoms with Crippen molar-refractivity contribution in [3.63, 3.8) is 0 Å². The highest BCUT2D eigenvalue weighted by atomic mass is 79.9. The van der Waals surface area contributed by atoms with E-state index in [0.29, 0.717) is 35.2 Å². The van der Waals surface area contributed by atoms with Crippen LogP contribution in [-0.4, -0.2) is 71.5 Å². The number of hydrogen-bond donors (Lipinski definition) is 3. The third-order valence-corrected chi connectivity index (χ3v) is 10.7. The van der Waals surface area contributed by atoms with E-state index < -0.39 is 0 Å². The van der Waals surface area contributed by atoms with Crippen LogP contribution in [0.25, 0.3) is 11.1 Å². The summed E-state index contributed by atoms with van der Waals surface area (Å²) in [5.74, 6) is 1.09. The highest BCUT2D eigenvalue weighted by molar-refractivity contribution is 9.10. The molecule has 9 nitrogen and oxygen atoms in total. The van der Waals surface area contributed by atoms with Gasteiger partial charge in [0.2, 0.25) is 0 Å². The lowest BCUT2D eigenvalue weighted by molar-refractivity contribution is 0.174. The van der Waals surface area contributed by atoms with Crippen molar-refractivity contribution >= 4 is 39.4 Å². The molecule has 6 rings (SSSR count). The van der Waals surface area contributed by atoms with Crippen LogP contribution in [0.4, 0.5) is 5.69 Å². The largest absolute Gasteiger partial charge is 0.488 e. The first kappa shape index (κ1) is 36.8. The number of halogens is 2. The van der Waals surface area contributed by atoms with Gasteiger partial charge in [0, 0.05) is 83.3 Å². The average molecular weight is 772 g/mol. The Morgan fingerprint density at radius 1 is 0.980 bits per heavy atom. The Morgan fingerprint density at radius 3 is 2.57 bits per heavy atom. The van der Waals surface area contributed by atoms with Crippen LogP contribution in [-0.2, 0) is 19.8 Å². The lowest BCUT2D eigenvalue weighted by atomic mass is 9.97. The summed E-state index contributed by atoms with van der Waals surface area (Å²) in [6, 6.07) is 19.7. The number of aliphatic hydroxyl groups excluding tert-OH is 1. The monoisotopic (exact) mass is 770 g/mol. The minimum absolute atomic E-state index is 0.217. The summed E-state index contributed by atoms with van der Waals surface area (Å²) in [6.45, 7) is 6.88. The summed E-state index contributed by atoms with van der Waals surface area (Å²) in [7, 11) is 0. The maximum Gasteiger partial charge on any atom is 0.142 e. The summed E-state index contributed by atoms with van der Waals surface area (Å²) < 4.78 is 13.5. The number of likely N-dealkylation sites (tertiary alicyclic amines) is 2. The van der Waals surface area contributed by atoms with Gasteiger partial charge < -0.3 is 30.2 Å². The number of anilines is 1. The van der Waals surface area contributed by atoms with E-state index in [9.17, 15) is 10.4 Å². The standard InChI is InChI=1S/C40H44BrClN6O3/c41-40-30(7-5-9-34(40)33-8-6-10-37(35(33)21-44)46-12-1-2-13-47-14-3-4-15-47)27-51-39-19-38(50-26-29-17-28(20-43)22-45-23-29)31(18-36(39)42)24-48-16-11-32(49)25-48/h5-10,17-19,21-23,32,44,46,49H,1-4,11-16,24-27H2. The molecular formula is C40H44BrClN6O3. The first-order valence-electron chi connectivity index (χ1n) is 17.6. The fraction of sp³-hybridized carbons (Fsp3) is 0.375. The van der Waals surface area contributed by atoms with Gasteiger partial charge in [-0.2, -0.15) is 5.26 Å². The Hall–Kier alpha value is -3.98. The number of aliphatic hydroxyl groups is 1. The molecule has 1 unspecified atom stereocenters. The van der Waals surface area contributed by atoms with Gasteiger partial charge in [-0.05, 0) is 97.0 Å². The Bertz CT molecular complexity index is 1860. The molecule has 0 amide bonds. The SMILES string of the molecule is N#Cc1cncc(COc2cc(OCc3cccc(-c4cccc(NCCCCN5CCCC5)c4C=N)c3Br)c(Cl)cc2CN2CCC(O)C2)c1. The Balaban J connectivity index is 1.17. The number of benzene rings is 3. The molecule has 3 aromatic carbocycles. The van der Waals surface area contributed by atoms with Gasteiger partial charge in [0.25, 0.3) is 0 Å². The molecule has 0 saturated carbocycles. The molecule has 4 aromatic rings. The molecule has 0 aliphatic carbocycles. The number of hydrogen-bond acceptors (Lipinski definition) is 9. The van der Waals surface area contributed by atoms with E-state index in [0.717, 1.165) is 82.4 Å². The second-order valence-corrected chi connectivity index (χ2v) is 14.4. The van der Waals surface area contributed by atoms with E-state index in [1.54, 1.807) is 12.3 Å². The minimum atomic E-state index is -0.343. The molecule has 11 heteroatoms. The molecule has 1 atom stereocenters. The smallest absolute Gasteiger partial charge is 0.142 e. The number of nitrogens with zero attached hydrogens (tertiary/aromatic N) is 4. The molecule has 2 fully saturated rings. The lowest BCUT2D eigenvalue weighted by Gasteiger charge is -2.20. The van der Waals surface area contributed by atoms with Crippen LogP contribution in [0, 0.1) is 16.7 Å². The Labute approximate surface area is 313 Å². The highest BCUT2D eigenvalue weighted by Gasteiger charge is 2.23. The predicted octanol–water partition coefficient (Wildman–Crippen LogP) is 8.05. The lowest BCUT2D eigenvalue weighted by Crippen LogP contribution is -2.22. The van der Waals surface area contributed by atoms with E-state index >= 15 is 0 Å². The Morgan fingerprint density at radius 2 is 1.78 bits per heavy atom. The molecular weight excluding hydrogens is 728 g/mol. The molecule has 0 spiro atoms. The van der Waals surface area contributed by atoms with Crippen LogP contribution in [0.2, 0.25) is 5.02 Å². The second-order valence-electron chi connectivity index (χ2n) is 13.2. The molecule has 3 N–H and O–H groups in total. The molecule has 3 heterocycles. The van der Waals surface area contributed by atoms with Gasteiger partial charge in [0.1, 0.15) is 30.8 Å². The van der Waals surface area contributed by atoms with Crippen molar-refractivity contribution in [2.45, 2.75) is 58.0 Å². The third kappa shape index (κ3) is 9.67. The van der Waals surface area contributed by atoms with Gasteiger partial charge in [-0.3, -0.25) is 9.88 Å². The molecule has 1 aromatic heterocycles. The van der Waals surface area contributed by atoms with E-state index in [1.807, 2.05) is 42.5 Å². The highest BCUT2D eigenvalue weighted by Crippen LogP contribution is 2.38. The van der Waals surface area contributed by atoms with Crippen LogP contribution < -0.4 is 14.8 Å². The van der Waals surface area contributed by atoms with Crippen molar-refractivity contribution in [2.24, 2.45) is 0 Å². The molecule has 2 saturated heterocycles. The van der Waals surface area contributed by atoms with Gasteiger partial charge in [0.15, 0.2) is 0 Å². The molecule has 0 bridgehead atoms. The summed E-state index contributed by atoms with van der Waals surface area (Å²) in [5.41, 5.74) is 6.78. The number of nitriles is 1. The van der Waals surface area contributed by atoms with Crippen molar-refractivity contribution in [3.05, 3.63) is 104 Å².